The van der Waals surface area contributed by atoms with Crippen molar-refractivity contribution in [2.24, 2.45) is 0 Å². The first-order chi connectivity index (χ1) is 6.06. The molecule has 0 saturated carbocycles. The first-order valence-corrected chi connectivity index (χ1v) is 3.88. The molecule has 70 valence electrons. The maximum atomic E-state index is 11.2. The van der Waals surface area contributed by atoms with Gasteiger partial charge < -0.3 is 10.5 Å². The van der Waals surface area contributed by atoms with Crippen LogP contribution in [-0.2, 0) is 4.74 Å². The van der Waals surface area contributed by atoms with E-state index in [1.54, 1.807) is 19.9 Å². The first-order valence-electron chi connectivity index (χ1n) is 3.88. The Morgan fingerprint density at radius 3 is 2.69 bits per heavy atom. The number of hydrogen-bond donors (Lipinski definition) is 1. The Balaban J connectivity index is 3.23. The number of anilines is 1. The number of aromatic nitrogens is 1. The standard InChI is InChI=1S/C9H12N2O2/c1-5-4-7(9(12)13-3)6(2)11-8(5)10/h4H,1-3H3,(H2,10,11). The highest BCUT2D eigenvalue weighted by Gasteiger charge is 2.11. The van der Waals surface area contributed by atoms with E-state index in [1.165, 1.54) is 7.11 Å². The summed E-state index contributed by atoms with van der Waals surface area (Å²) in [4.78, 5) is 15.2. The van der Waals surface area contributed by atoms with E-state index in [1.807, 2.05) is 0 Å². The van der Waals surface area contributed by atoms with Crippen LogP contribution < -0.4 is 5.73 Å². The zero-order valence-corrected chi connectivity index (χ0v) is 7.92. The summed E-state index contributed by atoms with van der Waals surface area (Å²) in [6.45, 7) is 3.52. The molecule has 0 spiro atoms. The van der Waals surface area contributed by atoms with Crippen molar-refractivity contribution >= 4 is 11.8 Å². The van der Waals surface area contributed by atoms with Gasteiger partial charge in [-0.15, -0.1) is 0 Å². The third kappa shape index (κ3) is 1.77. The second-order valence-electron chi connectivity index (χ2n) is 2.82. The normalized spacial score (nSPS) is 9.77. The maximum Gasteiger partial charge on any atom is 0.339 e. The molecule has 0 aliphatic rings. The molecular weight excluding hydrogens is 168 g/mol. The number of methoxy groups -OCH3 is 1. The summed E-state index contributed by atoms with van der Waals surface area (Å²) in [6.07, 6.45) is 0. The van der Waals surface area contributed by atoms with E-state index in [4.69, 9.17) is 5.73 Å². The van der Waals surface area contributed by atoms with Crippen LogP contribution in [-0.4, -0.2) is 18.1 Å². The molecule has 13 heavy (non-hydrogen) atoms. The van der Waals surface area contributed by atoms with E-state index in [9.17, 15) is 4.79 Å². The highest BCUT2D eigenvalue weighted by molar-refractivity contribution is 5.91. The molecule has 4 heteroatoms. The van der Waals surface area contributed by atoms with E-state index in [-0.39, 0.29) is 5.97 Å². The Bertz CT molecular complexity index is 348. The van der Waals surface area contributed by atoms with Crippen LogP contribution in [0.25, 0.3) is 0 Å². The maximum absolute atomic E-state index is 11.2. The fourth-order valence-corrected chi connectivity index (χ4v) is 1.04. The highest BCUT2D eigenvalue weighted by Crippen LogP contribution is 2.14. The molecule has 1 aromatic heterocycles. The number of esters is 1. The van der Waals surface area contributed by atoms with Crippen LogP contribution in [0.2, 0.25) is 0 Å². The average molecular weight is 180 g/mol. The average Bonchev–Trinajstić information content (AvgIpc) is 2.10. The summed E-state index contributed by atoms with van der Waals surface area (Å²) in [5, 5.41) is 0. The third-order valence-corrected chi connectivity index (χ3v) is 1.85. The van der Waals surface area contributed by atoms with Crippen LogP contribution in [0.5, 0.6) is 0 Å². The van der Waals surface area contributed by atoms with Gasteiger partial charge in [-0.2, -0.15) is 0 Å². The molecule has 0 fully saturated rings. The van der Waals surface area contributed by atoms with E-state index in [0.29, 0.717) is 17.1 Å². The van der Waals surface area contributed by atoms with Gasteiger partial charge in [0.05, 0.1) is 18.4 Å². The molecule has 0 bridgehead atoms. The number of carbonyl (C=O) groups is 1. The van der Waals surface area contributed by atoms with E-state index in [2.05, 4.69) is 9.72 Å². The Kier molecular flexibility index (Phi) is 2.51. The summed E-state index contributed by atoms with van der Waals surface area (Å²) in [6, 6.07) is 1.68. The molecule has 0 aliphatic carbocycles. The summed E-state index contributed by atoms with van der Waals surface area (Å²) in [5.74, 6) is 0.0678. The van der Waals surface area contributed by atoms with Crippen LogP contribution in [0.15, 0.2) is 6.07 Å². The lowest BCUT2D eigenvalue weighted by molar-refractivity contribution is 0.0599. The van der Waals surface area contributed by atoms with Gasteiger partial charge in [0.2, 0.25) is 0 Å². The monoisotopic (exact) mass is 180 g/mol. The minimum absolute atomic E-state index is 0.381. The number of nitrogens with two attached hydrogens (primary N) is 1. The van der Waals surface area contributed by atoms with E-state index < -0.39 is 0 Å². The van der Waals surface area contributed by atoms with Gasteiger partial charge in [0.1, 0.15) is 5.82 Å². The van der Waals surface area contributed by atoms with Gasteiger partial charge in [-0.05, 0) is 25.5 Å². The minimum atomic E-state index is -0.381. The van der Waals surface area contributed by atoms with Crippen LogP contribution in [0.4, 0.5) is 5.82 Å². The predicted octanol–water partition coefficient (Wildman–Crippen LogP) is 1.07. The third-order valence-electron chi connectivity index (χ3n) is 1.85. The summed E-state index contributed by atoms with van der Waals surface area (Å²) in [5.41, 5.74) is 7.41. The number of aryl methyl sites for hydroxylation is 2. The summed E-state index contributed by atoms with van der Waals surface area (Å²) < 4.78 is 4.59. The van der Waals surface area contributed by atoms with Gasteiger partial charge >= 0.3 is 5.97 Å². The summed E-state index contributed by atoms with van der Waals surface area (Å²) in [7, 11) is 1.34. The Labute approximate surface area is 76.7 Å². The van der Waals surface area contributed by atoms with Crippen LogP contribution in [0.1, 0.15) is 21.6 Å². The van der Waals surface area contributed by atoms with Crippen molar-refractivity contribution in [1.29, 1.82) is 0 Å². The fourth-order valence-electron chi connectivity index (χ4n) is 1.04. The van der Waals surface area contributed by atoms with Crippen molar-refractivity contribution in [1.82, 2.24) is 4.98 Å². The fraction of sp³-hybridized carbons (Fsp3) is 0.333. The van der Waals surface area contributed by atoms with Crippen molar-refractivity contribution in [2.45, 2.75) is 13.8 Å². The van der Waals surface area contributed by atoms with Crippen molar-refractivity contribution in [3.05, 3.63) is 22.9 Å². The molecule has 0 saturated heterocycles. The number of hydrogen-bond acceptors (Lipinski definition) is 4. The second kappa shape index (κ2) is 3.43. The van der Waals surface area contributed by atoms with Crippen molar-refractivity contribution in [3.63, 3.8) is 0 Å². The number of rotatable bonds is 1. The molecule has 2 N–H and O–H groups in total. The van der Waals surface area contributed by atoms with Crippen molar-refractivity contribution < 1.29 is 9.53 Å². The Morgan fingerprint density at radius 1 is 1.54 bits per heavy atom. The van der Waals surface area contributed by atoms with Gasteiger partial charge in [-0.25, -0.2) is 9.78 Å². The molecule has 0 aliphatic heterocycles. The Hall–Kier alpha value is -1.58. The summed E-state index contributed by atoms with van der Waals surface area (Å²) >= 11 is 0. The SMILES string of the molecule is COC(=O)c1cc(C)c(N)nc1C. The zero-order valence-electron chi connectivity index (χ0n) is 7.92. The van der Waals surface area contributed by atoms with Gasteiger partial charge in [0.15, 0.2) is 0 Å². The number of nitrogens with zero attached hydrogens (tertiary/aromatic N) is 1. The number of pyridine rings is 1. The molecule has 0 atom stereocenters. The molecule has 0 radical (unpaired) electrons. The quantitative estimate of drug-likeness (QED) is 0.656. The van der Waals surface area contributed by atoms with E-state index in [0.717, 1.165) is 5.56 Å². The topological polar surface area (TPSA) is 65.2 Å². The van der Waals surface area contributed by atoms with Crippen molar-refractivity contribution in [2.75, 3.05) is 12.8 Å². The van der Waals surface area contributed by atoms with Gasteiger partial charge in [0, 0.05) is 0 Å². The highest BCUT2D eigenvalue weighted by atomic mass is 16.5. The molecule has 1 rings (SSSR count). The van der Waals surface area contributed by atoms with Crippen LogP contribution >= 0.6 is 0 Å². The molecule has 0 unspecified atom stereocenters. The Morgan fingerprint density at radius 2 is 2.15 bits per heavy atom. The minimum Gasteiger partial charge on any atom is -0.465 e. The number of nitrogen functional groups attached to an aromatic ring is 1. The van der Waals surface area contributed by atoms with Gasteiger partial charge in [-0.3, -0.25) is 0 Å². The lowest BCUT2D eigenvalue weighted by Crippen LogP contribution is -2.08. The number of carbonyl (C=O) groups excluding carboxylic acids is 1. The van der Waals surface area contributed by atoms with Crippen molar-refractivity contribution in [3.8, 4) is 0 Å². The molecular formula is C9H12N2O2. The molecule has 1 aromatic rings. The zero-order chi connectivity index (χ0) is 10.0. The largest absolute Gasteiger partial charge is 0.465 e. The molecule has 4 nitrogen and oxygen atoms in total. The lowest BCUT2D eigenvalue weighted by Gasteiger charge is -2.06. The van der Waals surface area contributed by atoms with Gasteiger partial charge in [0.25, 0.3) is 0 Å². The van der Waals surface area contributed by atoms with Gasteiger partial charge in [-0.1, -0.05) is 0 Å². The van der Waals surface area contributed by atoms with E-state index >= 15 is 0 Å². The second-order valence-corrected chi connectivity index (χ2v) is 2.82. The lowest BCUT2D eigenvalue weighted by atomic mass is 10.1. The molecule has 1 heterocycles. The predicted molar refractivity (Wildman–Crippen MR) is 49.5 cm³/mol. The smallest absolute Gasteiger partial charge is 0.339 e. The number of ether oxygens (including phenoxy) is 1. The first kappa shape index (κ1) is 9.51. The van der Waals surface area contributed by atoms with Crippen LogP contribution in [0.3, 0.4) is 0 Å². The van der Waals surface area contributed by atoms with Crippen LogP contribution in [0, 0.1) is 13.8 Å². The molecule has 0 amide bonds. The molecule has 0 aromatic carbocycles.